The van der Waals surface area contributed by atoms with Crippen LogP contribution in [0.4, 0.5) is 0 Å². The molecule has 0 spiro atoms. The number of aromatic nitrogens is 1. The monoisotopic (exact) mass is 268 g/mol. The fourth-order valence-electron chi connectivity index (χ4n) is 1.59. The van der Waals surface area contributed by atoms with E-state index in [1.807, 2.05) is 0 Å². The van der Waals surface area contributed by atoms with Gasteiger partial charge in [-0.15, -0.1) is 0 Å². The molecule has 0 aromatic carbocycles. The summed E-state index contributed by atoms with van der Waals surface area (Å²) < 4.78 is 1.59. The molecular formula is C12H16N2O5. The number of rotatable bonds is 7. The summed E-state index contributed by atoms with van der Waals surface area (Å²) >= 11 is 0. The standard InChI is InChI=1S/C12H16N2O5/c1-8(16)11(12(18)19)13-10(17)4-6-14-5-2-3-9(14)7-15/h2-3,5,7-8,11,16H,4,6H2,1H3,(H,13,17)(H,18,19). The number of aliphatic hydroxyl groups excluding tert-OH is 1. The van der Waals surface area contributed by atoms with E-state index >= 15 is 0 Å². The number of carboxylic acids is 1. The van der Waals surface area contributed by atoms with Gasteiger partial charge in [-0.25, -0.2) is 4.79 Å². The second-order valence-electron chi connectivity index (χ2n) is 4.12. The lowest BCUT2D eigenvalue weighted by molar-refractivity contribution is -0.144. The van der Waals surface area contributed by atoms with Crippen molar-refractivity contribution in [2.75, 3.05) is 0 Å². The van der Waals surface area contributed by atoms with Crippen LogP contribution in [0.25, 0.3) is 0 Å². The SMILES string of the molecule is CC(O)C(NC(=O)CCn1cccc1C=O)C(=O)O. The topological polar surface area (TPSA) is 109 Å². The van der Waals surface area contributed by atoms with E-state index in [4.69, 9.17) is 5.11 Å². The van der Waals surface area contributed by atoms with Crippen molar-refractivity contribution < 1.29 is 24.6 Å². The minimum absolute atomic E-state index is 0.0199. The largest absolute Gasteiger partial charge is 0.480 e. The Morgan fingerprint density at radius 3 is 2.74 bits per heavy atom. The van der Waals surface area contributed by atoms with E-state index in [9.17, 15) is 19.5 Å². The van der Waals surface area contributed by atoms with Gasteiger partial charge in [0.05, 0.1) is 11.8 Å². The molecule has 0 saturated heterocycles. The number of amides is 1. The average Bonchev–Trinajstić information content (AvgIpc) is 2.79. The maximum atomic E-state index is 11.6. The number of nitrogens with zero attached hydrogens (tertiary/aromatic N) is 1. The second kappa shape index (κ2) is 6.69. The molecule has 2 unspecified atom stereocenters. The molecule has 1 amide bonds. The molecule has 0 bridgehead atoms. The number of carbonyl (C=O) groups excluding carboxylic acids is 2. The molecular weight excluding hydrogens is 252 g/mol. The zero-order valence-electron chi connectivity index (χ0n) is 10.4. The Balaban J connectivity index is 2.52. The molecule has 7 heteroatoms. The van der Waals surface area contributed by atoms with Gasteiger partial charge in [-0.05, 0) is 19.1 Å². The molecule has 0 aliphatic carbocycles. The number of carbonyl (C=O) groups is 3. The lowest BCUT2D eigenvalue weighted by atomic mass is 10.2. The van der Waals surface area contributed by atoms with Crippen LogP contribution < -0.4 is 5.32 Å². The fourth-order valence-corrected chi connectivity index (χ4v) is 1.59. The van der Waals surface area contributed by atoms with Crippen LogP contribution in [0.3, 0.4) is 0 Å². The summed E-state index contributed by atoms with van der Waals surface area (Å²) in [5.74, 6) is -1.79. The molecule has 0 aliphatic rings. The molecule has 0 aliphatic heterocycles. The summed E-state index contributed by atoms with van der Waals surface area (Å²) in [6.45, 7) is 1.55. The Morgan fingerprint density at radius 2 is 2.21 bits per heavy atom. The first kappa shape index (κ1) is 14.9. The second-order valence-corrected chi connectivity index (χ2v) is 4.12. The van der Waals surface area contributed by atoms with Crippen molar-refractivity contribution >= 4 is 18.2 Å². The minimum Gasteiger partial charge on any atom is -0.480 e. The van der Waals surface area contributed by atoms with E-state index in [-0.39, 0.29) is 13.0 Å². The van der Waals surface area contributed by atoms with Crippen LogP contribution in [0.15, 0.2) is 18.3 Å². The van der Waals surface area contributed by atoms with Crippen molar-refractivity contribution in [2.24, 2.45) is 0 Å². The molecule has 1 aromatic rings. The fraction of sp³-hybridized carbons (Fsp3) is 0.417. The first-order valence-corrected chi connectivity index (χ1v) is 5.76. The summed E-state index contributed by atoms with van der Waals surface area (Å²) in [5.41, 5.74) is 0.443. The molecule has 7 nitrogen and oxygen atoms in total. The summed E-state index contributed by atoms with van der Waals surface area (Å²) in [6, 6.07) is 1.96. The van der Waals surface area contributed by atoms with Crippen LogP contribution in [-0.4, -0.2) is 45.1 Å². The molecule has 3 N–H and O–H groups in total. The molecule has 1 aromatic heterocycles. The Morgan fingerprint density at radius 1 is 1.53 bits per heavy atom. The highest BCUT2D eigenvalue weighted by Gasteiger charge is 2.24. The van der Waals surface area contributed by atoms with Crippen molar-refractivity contribution in [3.05, 3.63) is 24.0 Å². The number of nitrogens with one attached hydrogen (secondary N) is 1. The van der Waals surface area contributed by atoms with Gasteiger partial charge in [0.25, 0.3) is 0 Å². The van der Waals surface area contributed by atoms with Gasteiger partial charge in [-0.1, -0.05) is 0 Å². The van der Waals surface area contributed by atoms with E-state index in [0.717, 1.165) is 0 Å². The Labute approximate surface area is 109 Å². The number of hydrogen-bond donors (Lipinski definition) is 3. The van der Waals surface area contributed by atoms with Crippen LogP contribution in [0, 0.1) is 0 Å². The van der Waals surface area contributed by atoms with E-state index in [1.54, 1.807) is 22.9 Å². The Hall–Kier alpha value is -2.15. The van der Waals surface area contributed by atoms with Gasteiger partial charge >= 0.3 is 5.97 Å². The van der Waals surface area contributed by atoms with Crippen LogP contribution in [0.2, 0.25) is 0 Å². The Bertz CT molecular complexity index is 466. The highest BCUT2D eigenvalue weighted by Crippen LogP contribution is 2.01. The molecule has 0 saturated carbocycles. The number of carboxylic acid groups (broad SMARTS) is 1. The molecule has 0 radical (unpaired) electrons. The molecule has 19 heavy (non-hydrogen) atoms. The van der Waals surface area contributed by atoms with Gasteiger partial charge in [0, 0.05) is 19.2 Å². The van der Waals surface area contributed by atoms with E-state index in [2.05, 4.69) is 5.32 Å². The summed E-state index contributed by atoms with van der Waals surface area (Å²) in [4.78, 5) is 33.0. The quantitative estimate of drug-likeness (QED) is 0.585. The highest BCUT2D eigenvalue weighted by molar-refractivity contribution is 5.84. The van der Waals surface area contributed by atoms with Crippen molar-refractivity contribution in [1.82, 2.24) is 9.88 Å². The maximum Gasteiger partial charge on any atom is 0.328 e. The first-order chi connectivity index (χ1) is 8.95. The normalized spacial score (nSPS) is 13.6. The van der Waals surface area contributed by atoms with Gasteiger partial charge in [0.2, 0.25) is 5.91 Å². The van der Waals surface area contributed by atoms with Crippen molar-refractivity contribution in [1.29, 1.82) is 0 Å². The number of aldehydes is 1. The first-order valence-electron chi connectivity index (χ1n) is 5.76. The third kappa shape index (κ3) is 4.22. The van der Waals surface area contributed by atoms with Crippen molar-refractivity contribution in [2.45, 2.75) is 32.0 Å². The predicted molar refractivity (Wildman–Crippen MR) is 65.7 cm³/mol. The smallest absolute Gasteiger partial charge is 0.328 e. The van der Waals surface area contributed by atoms with Crippen molar-refractivity contribution in [3.8, 4) is 0 Å². The van der Waals surface area contributed by atoms with E-state index in [0.29, 0.717) is 12.0 Å². The number of aryl methyl sites for hydroxylation is 1. The lowest BCUT2D eigenvalue weighted by Gasteiger charge is -2.17. The average molecular weight is 268 g/mol. The number of aliphatic carboxylic acids is 1. The third-order valence-corrected chi connectivity index (χ3v) is 2.63. The summed E-state index contributed by atoms with van der Waals surface area (Å²) in [7, 11) is 0. The van der Waals surface area contributed by atoms with E-state index in [1.165, 1.54) is 6.92 Å². The van der Waals surface area contributed by atoms with Gasteiger partial charge in [0.15, 0.2) is 12.3 Å². The van der Waals surface area contributed by atoms with Gasteiger partial charge in [0.1, 0.15) is 0 Å². The predicted octanol–water partition coefficient (Wildman–Crippen LogP) is -0.359. The molecule has 2 atom stereocenters. The zero-order valence-corrected chi connectivity index (χ0v) is 10.4. The maximum absolute atomic E-state index is 11.6. The Kier molecular flexibility index (Phi) is 5.25. The number of aliphatic hydroxyl groups is 1. The molecule has 0 fully saturated rings. The van der Waals surface area contributed by atoms with E-state index < -0.39 is 24.0 Å². The summed E-state index contributed by atoms with van der Waals surface area (Å²) in [6.07, 6.45) is 1.17. The zero-order chi connectivity index (χ0) is 14.4. The van der Waals surface area contributed by atoms with Crippen LogP contribution in [0.5, 0.6) is 0 Å². The summed E-state index contributed by atoms with van der Waals surface area (Å²) in [5, 5.41) is 20.2. The van der Waals surface area contributed by atoms with Gasteiger partial charge in [-0.2, -0.15) is 0 Å². The van der Waals surface area contributed by atoms with Crippen LogP contribution in [-0.2, 0) is 16.1 Å². The van der Waals surface area contributed by atoms with Gasteiger partial charge < -0.3 is 20.1 Å². The number of hydrogen-bond acceptors (Lipinski definition) is 4. The molecule has 1 rings (SSSR count). The van der Waals surface area contributed by atoms with Gasteiger partial charge in [-0.3, -0.25) is 9.59 Å². The minimum atomic E-state index is -1.33. The molecule has 104 valence electrons. The highest BCUT2D eigenvalue weighted by atomic mass is 16.4. The lowest BCUT2D eigenvalue weighted by Crippen LogP contribution is -2.47. The van der Waals surface area contributed by atoms with Crippen LogP contribution >= 0.6 is 0 Å². The van der Waals surface area contributed by atoms with Crippen LogP contribution in [0.1, 0.15) is 23.8 Å². The third-order valence-electron chi connectivity index (χ3n) is 2.63. The van der Waals surface area contributed by atoms with Crippen molar-refractivity contribution in [3.63, 3.8) is 0 Å². The molecule has 1 heterocycles.